The number of hydrogen-bond acceptors (Lipinski definition) is 6. The fourth-order valence-corrected chi connectivity index (χ4v) is 2.97. The molecule has 0 bridgehead atoms. The molecule has 29 heavy (non-hydrogen) atoms. The number of carbonyl (C=O) groups excluding carboxylic acids is 2. The first-order valence-corrected chi connectivity index (χ1v) is 9.82. The maximum Gasteiger partial charge on any atom is 0.340 e. The number of rotatable bonds is 7. The quantitative estimate of drug-likeness (QED) is 0.726. The van der Waals surface area contributed by atoms with Gasteiger partial charge in [-0.1, -0.05) is 26.8 Å². The molecule has 1 N–H and O–H groups in total. The summed E-state index contributed by atoms with van der Waals surface area (Å²) in [5.41, 5.74) is 1.57. The lowest BCUT2D eigenvalue weighted by Crippen LogP contribution is -2.50. The molecule has 1 aliphatic rings. The molecule has 152 valence electrons. The van der Waals surface area contributed by atoms with Gasteiger partial charge < -0.3 is 10.1 Å². The maximum absolute atomic E-state index is 12.8. The monoisotopic (exact) mass is 394 g/mol. The molecule has 2 aromatic heterocycles. The largest absolute Gasteiger partial charge is 0.462 e. The third-order valence-corrected chi connectivity index (χ3v) is 5.30. The summed E-state index contributed by atoms with van der Waals surface area (Å²) in [6, 6.07) is 7.37. The van der Waals surface area contributed by atoms with Crippen LogP contribution in [-0.4, -0.2) is 39.8 Å². The molecule has 0 radical (unpaired) electrons. The summed E-state index contributed by atoms with van der Waals surface area (Å²) in [5, 5.41) is 3.17. The minimum Gasteiger partial charge on any atom is -0.462 e. The van der Waals surface area contributed by atoms with Gasteiger partial charge in [-0.15, -0.1) is 0 Å². The van der Waals surface area contributed by atoms with Gasteiger partial charge >= 0.3 is 5.97 Å². The number of carbonyl (C=O) groups is 2. The molecule has 0 fully saturated rings. The zero-order chi connectivity index (χ0) is 21.0. The van der Waals surface area contributed by atoms with Crippen LogP contribution in [0.3, 0.4) is 0 Å². The van der Waals surface area contributed by atoms with Crippen molar-refractivity contribution in [3.63, 3.8) is 0 Å². The third kappa shape index (κ3) is 4.34. The average molecular weight is 394 g/mol. The van der Waals surface area contributed by atoms with Crippen LogP contribution in [0, 0.1) is 5.92 Å². The van der Waals surface area contributed by atoms with Crippen molar-refractivity contribution in [1.29, 1.82) is 0 Å². The van der Waals surface area contributed by atoms with Gasteiger partial charge in [-0.3, -0.25) is 14.8 Å². The van der Waals surface area contributed by atoms with E-state index in [1.807, 2.05) is 45.9 Å². The van der Waals surface area contributed by atoms with E-state index in [0.717, 1.165) is 17.7 Å². The van der Waals surface area contributed by atoms with Crippen LogP contribution in [0.15, 0.2) is 41.7 Å². The second-order valence-corrected chi connectivity index (χ2v) is 7.55. The molecule has 2 aromatic rings. The zero-order valence-electron chi connectivity index (χ0n) is 17.2. The van der Waals surface area contributed by atoms with Crippen molar-refractivity contribution in [2.24, 2.45) is 10.9 Å². The summed E-state index contributed by atoms with van der Waals surface area (Å²) in [5.74, 6) is -0.419. The van der Waals surface area contributed by atoms with E-state index in [1.54, 1.807) is 18.5 Å². The summed E-state index contributed by atoms with van der Waals surface area (Å²) < 4.78 is 5.47. The van der Waals surface area contributed by atoms with Gasteiger partial charge in [-0.25, -0.2) is 4.79 Å². The molecule has 1 amide bonds. The molecule has 0 aromatic carbocycles. The fourth-order valence-electron chi connectivity index (χ4n) is 2.97. The highest BCUT2D eigenvalue weighted by atomic mass is 16.5. The van der Waals surface area contributed by atoms with E-state index in [9.17, 15) is 9.59 Å². The first-order chi connectivity index (χ1) is 13.8. The Bertz CT molecular complexity index is 940. The van der Waals surface area contributed by atoms with Crippen LogP contribution in [0.2, 0.25) is 0 Å². The Kier molecular flexibility index (Phi) is 6.06. The highest BCUT2D eigenvalue weighted by Gasteiger charge is 2.43. The third-order valence-electron chi connectivity index (χ3n) is 5.30. The number of nitrogens with zero attached hydrogens (tertiary/aromatic N) is 3. The first kappa shape index (κ1) is 20.6. The minimum atomic E-state index is -0.819. The predicted octanol–water partition coefficient (Wildman–Crippen LogP) is 2.73. The van der Waals surface area contributed by atoms with Crippen LogP contribution in [0.5, 0.6) is 0 Å². The van der Waals surface area contributed by atoms with Crippen LogP contribution < -0.4 is 5.32 Å². The van der Waals surface area contributed by atoms with E-state index in [1.165, 1.54) is 0 Å². The van der Waals surface area contributed by atoms with Crippen LogP contribution in [0.1, 0.15) is 55.0 Å². The Hall–Kier alpha value is -3.09. The van der Waals surface area contributed by atoms with E-state index in [4.69, 9.17) is 4.74 Å². The molecule has 1 aliphatic heterocycles. The molecule has 3 rings (SSSR count). The van der Waals surface area contributed by atoms with Crippen LogP contribution in [-0.2, 0) is 22.4 Å². The number of aryl methyl sites for hydroxylation is 1. The fraction of sp³-hybridized carbons (Fsp3) is 0.409. The molecule has 1 atom stereocenters. The van der Waals surface area contributed by atoms with Crippen molar-refractivity contribution in [3.05, 3.63) is 59.2 Å². The number of amidine groups is 1. The average Bonchev–Trinajstić information content (AvgIpc) is 3.04. The van der Waals surface area contributed by atoms with E-state index in [0.29, 0.717) is 23.5 Å². The highest BCUT2D eigenvalue weighted by Crippen LogP contribution is 2.25. The van der Waals surface area contributed by atoms with Crippen LogP contribution >= 0.6 is 0 Å². The van der Waals surface area contributed by atoms with Gasteiger partial charge in [-0.05, 0) is 43.0 Å². The lowest BCUT2D eigenvalue weighted by Gasteiger charge is -2.27. The molecule has 7 heteroatoms. The molecular formula is C22H26N4O3. The number of pyridine rings is 2. The van der Waals surface area contributed by atoms with Gasteiger partial charge in [0.2, 0.25) is 0 Å². The van der Waals surface area contributed by atoms with Crippen LogP contribution in [0.4, 0.5) is 0 Å². The highest BCUT2D eigenvalue weighted by molar-refractivity contribution is 6.16. The summed E-state index contributed by atoms with van der Waals surface area (Å²) in [4.78, 5) is 38.1. The normalized spacial score (nSPS) is 18.5. The van der Waals surface area contributed by atoms with E-state index in [2.05, 4.69) is 20.3 Å². The van der Waals surface area contributed by atoms with Crippen molar-refractivity contribution in [1.82, 2.24) is 15.3 Å². The maximum atomic E-state index is 12.8. The van der Waals surface area contributed by atoms with Crippen molar-refractivity contribution >= 4 is 17.7 Å². The lowest BCUT2D eigenvalue weighted by atomic mass is 9.88. The van der Waals surface area contributed by atoms with Gasteiger partial charge in [-0.2, -0.15) is 4.99 Å². The Labute approximate surface area is 170 Å². The van der Waals surface area contributed by atoms with Crippen molar-refractivity contribution < 1.29 is 14.3 Å². The van der Waals surface area contributed by atoms with Gasteiger partial charge in [0.1, 0.15) is 11.2 Å². The van der Waals surface area contributed by atoms with Crippen LogP contribution in [0.25, 0.3) is 0 Å². The summed E-state index contributed by atoms with van der Waals surface area (Å²) in [6.07, 6.45) is 4.65. The molecule has 7 nitrogen and oxygen atoms in total. The van der Waals surface area contributed by atoms with E-state index >= 15 is 0 Å². The summed E-state index contributed by atoms with van der Waals surface area (Å²) in [7, 11) is 0. The molecule has 0 spiro atoms. The zero-order valence-corrected chi connectivity index (χ0v) is 17.2. The Balaban J connectivity index is 1.82. The standard InChI is InChI=1S/C22H26N4O3/c1-5-15-12-17(20(27)29-11-9-16-8-6-7-10-23-16)18(24-13-15)19-25-21(28)22(4,26-19)14(2)3/h6-8,10,12-14H,5,9,11H2,1-4H3,(H,25,26,28). The predicted molar refractivity (Wildman–Crippen MR) is 110 cm³/mol. The van der Waals surface area contributed by atoms with Gasteiger partial charge in [0.25, 0.3) is 5.91 Å². The molecule has 3 heterocycles. The summed E-state index contributed by atoms with van der Waals surface area (Å²) in [6.45, 7) is 7.89. The van der Waals surface area contributed by atoms with Crippen molar-refractivity contribution in [3.8, 4) is 0 Å². The van der Waals surface area contributed by atoms with Crippen molar-refractivity contribution in [2.45, 2.75) is 46.1 Å². The second-order valence-electron chi connectivity index (χ2n) is 7.55. The lowest BCUT2D eigenvalue weighted by molar-refractivity contribution is -0.123. The number of ether oxygens (including phenoxy) is 1. The van der Waals surface area contributed by atoms with Gasteiger partial charge in [0.05, 0.1) is 12.2 Å². The smallest absolute Gasteiger partial charge is 0.340 e. The number of hydrogen-bond donors (Lipinski definition) is 1. The number of aliphatic imine (C=N–C) groups is 1. The molecule has 0 aliphatic carbocycles. The molecule has 0 saturated carbocycles. The molecule has 0 saturated heterocycles. The minimum absolute atomic E-state index is 0.0277. The number of aromatic nitrogens is 2. The SMILES string of the molecule is CCc1cnc(C2=NC(=O)C(C)(C(C)C)N2)c(C(=O)OCCc2ccccn2)c1. The Morgan fingerprint density at radius 3 is 2.69 bits per heavy atom. The van der Waals surface area contributed by atoms with Gasteiger partial charge in [0, 0.05) is 24.5 Å². The van der Waals surface area contributed by atoms with E-state index < -0.39 is 11.5 Å². The Morgan fingerprint density at radius 1 is 1.28 bits per heavy atom. The molecular weight excluding hydrogens is 368 g/mol. The Morgan fingerprint density at radius 2 is 2.07 bits per heavy atom. The summed E-state index contributed by atoms with van der Waals surface area (Å²) >= 11 is 0. The van der Waals surface area contributed by atoms with Crippen molar-refractivity contribution in [2.75, 3.05) is 6.61 Å². The molecule has 1 unspecified atom stereocenters. The van der Waals surface area contributed by atoms with E-state index in [-0.39, 0.29) is 18.4 Å². The first-order valence-electron chi connectivity index (χ1n) is 9.82. The second kappa shape index (κ2) is 8.51. The van der Waals surface area contributed by atoms with Gasteiger partial charge in [0.15, 0.2) is 5.84 Å². The topological polar surface area (TPSA) is 93.5 Å². The number of nitrogens with one attached hydrogen (secondary N) is 1. The number of amides is 1. The number of esters is 1.